The minimum absolute atomic E-state index is 0.0798. The van der Waals surface area contributed by atoms with E-state index < -0.39 is 0 Å². The first-order valence-corrected chi connectivity index (χ1v) is 9.59. The second kappa shape index (κ2) is 7.48. The molecular formula is C22H26N2O2. The number of carbonyl (C=O) groups excluding carboxylic acids is 1. The first-order chi connectivity index (χ1) is 12.8. The van der Waals surface area contributed by atoms with E-state index in [1.807, 2.05) is 30.3 Å². The Balaban J connectivity index is 1.49. The maximum atomic E-state index is 12.6. The SMILES string of the molecule is COc1ccc([C@H]2[C@H]3CCCC[C@H]3[C@@H]2NC(=O)Cc2ccccn2)cc1. The summed E-state index contributed by atoms with van der Waals surface area (Å²) in [6.45, 7) is 0. The summed E-state index contributed by atoms with van der Waals surface area (Å²) in [5, 5.41) is 3.33. The van der Waals surface area contributed by atoms with Crippen molar-refractivity contribution in [1.82, 2.24) is 10.3 Å². The number of benzene rings is 1. The number of pyridine rings is 1. The van der Waals surface area contributed by atoms with Crippen LogP contribution in [0.2, 0.25) is 0 Å². The number of nitrogens with zero attached hydrogens (tertiary/aromatic N) is 1. The standard InChI is InChI=1S/C22H26N2O2/c1-26-17-11-9-15(10-12-17)21-18-7-2-3-8-19(18)22(21)24-20(25)14-16-6-4-5-13-23-16/h4-6,9-13,18-19,21-22H,2-3,7-8,14H2,1H3,(H,24,25)/t18-,19+,21-,22-/m0/s1. The summed E-state index contributed by atoms with van der Waals surface area (Å²) >= 11 is 0. The lowest BCUT2D eigenvalue weighted by Crippen LogP contribution is -2.59. The van der Waals surface area contributed by atoms with Crippen LogP contribution in [0.15, 0.2) is 48.7 Å². The fraction of sp³-hybridized carbons (Fsp3) is 0.455. The Kier molecular flexibility index (Phi) is 4.91. The molecule has 4 rings (SSSR count). The van der Waals surface area contributed by atoms with Gasteiger partial charge in [0, 0.05) is 23.9 Å². The van der Waals surface area contributed by atoms with Gasteiger partial charge in [-0.3, -0.25) is 9.78 Å². The predicted octanol–water partition coefficient (Wildman–Crippen LogP) is 3.72. The highest BCUT2D eigenvalue weighted by Crippen LogP contribution is 2.54. The van der Waals surface area contributed by atoms with Crippen molar-refractivity contribution in [3.63, 3.8) is 0 Å². The molecule has 2 fully saturated rings. The summed E-state index contributed by atoms with van der Waals surface area (Å²) in [6.07, 6.45) is 7.18. The minimum atomic E-state index is 0.0798. The van der Waals surface area contributed by atoms with Crippen molar-refractivity contribution in [2.45, 2.75) is 44.1 Å². The molecule has 0 aliphatic heterocycles. The largest absolute Gasteiger partial charge is 0.497 e. The van der Waals surface area contributed by atoms with Crippen molar-refractivity contribution in [3.05, 3.63) is 59.9 Å². The van der Waals surface area contributed by atoms with Crippen molar-refractivity contribution in [2.24, 2.45) is 11.8 Å². The third-order valence-electron chi connectivity index (χ3n) is 6.08. The summed E-state index contributed by atoms with van der Waals surface area (Å²) in [6, 6.07) is 14.3. The molecule has 136 valence electrons. The van der Waals surface area contributed by atoms with Crippen LogP contribution in [0.1, 0.15) is 42.9 Å². The first kappa shape index (κ1) is 17.1. The van der Waals surface area contributed by atoms with Crippen LogP contribution in [0.5, 0.6) is 5.75 Å². The third kappa shape index (κ3) is 3.33. The van der Waals surface area contributed by atoms with Gasteiger partial charge in [-0.25, -0.2) is 0 Å². The second-order valence-corrected chi connectivity index (χ2v) is 7.50. The highest BCUT2D eigenvalue weighted by molar-refractivity contribution is 5.78. The number of carbonyl (C=O) groups is 1. The lowest BCUT2D eigenvalue weighted by Gasteiger charge is -2.55. The molecule has 4 atom stereocenters. The molecular weight excluding hydrogens is 324 g/mol. The van der Waals surface area contributed by atoms with E-state index in [-0.39, 0.29) is 11.9 Å². The van der Waals surface area contributed by atoms with Gasteiger partial charge in [0.1, 0.15) is 5.75 Å². The molecule has 0 spiro atoms. The molecule has 26 heavy (non-hydrogen) atoms. The quantitative estimate of drug-likeness (QED) is 0.894. The van der Waals surface area contributed by atoms with E-state index in [0.29, 0.717) is 24.2 Å². The second-order valence-electron chi connectivity index (χ2n) is 7.50. The van der Waals surface area contributed by atoms with Crippen LogP contribution in [0.3, 0.4) is 0 Å². The number of fused-ring (bicyclic) bond motifs is 1. The van der Waals surface area contributed by atoms with Gasteiger partial charge in [0.25, 0.3) is 0 Å². The van der Waals surface area contributed by atoms with Crippen molar-refractivity contribution in [3.8, 4) is 5.75 Å². The third-order valence-corrected chi connectivity index (χ3v) is 6.08. The van der Waals surface area contributed by atoms with Crippen LogP contribution in [0, 0.1) is 11.8 Å². The maximum Gasteiger partial charge on any atom is 0.226 e. The van der Waals surface area contributed by atoms with E-state index in [9.17, 15) is 4.79 Å². The average molecular weight is 350 g/mol. The smallest absolute Gasteiger partial charge is 0.226 e. The Morgan fingerprint density at radius 2 is 1.88 bits per heavy atom. The zero-order valence-electron chi connectivity index (χ0n) is 15.2. The topological polar surface area (TPSA) is 51.2 Å². The van der Waals surface area contributed by atoms with Crippen LogP contribution in [0.25, 0.3) is 0 Å². The molecule has 2 saturated carbocycles. The molecule has 1 amide bonds. The Morgan fingerprint density at radius 3 is 2.58 bits per heavy atom. The number of rotatable bonds is 5. The van der Waals surface area contributed by atoms with E-state index in [0.717, 1.165) is 11.4 Å². The molecule has 2 aliphatic carbocycles. The number of aromatic nitrogens is 1. The molecule has 0 bridgehead atoms. The van der Waals surface area contributed by atoms with E-state index in [2.05, 4.69) is 22.4 Å². The summed E-state index contributed by atoms with van der Waals surface area (Å²) in [5.74, 6) is 2.68. The van der Waals surface area contributed by atoms with Gasteiger partial charge in [0.2, 0.25) is 5.91 Å². The summed E-state index contributed by atoms with van der Waals surface area (Å²) in [4.78, 5) is 16.9. The van der Waals surface area contributed by atoms with Crippen LogP contribution in [-0.4, -0.2) is 24.0 Å². The fourth-order valence-electron chi connectivity index (χ4n) is 4.85. The van der Waals surface area contributed by atoms with Gasteiger partial charge in [-0.05, 0) is 54.5 Å². The Bertz CT molecular complexity index is 744. The number of ether oxygens (including phenoxy) is 1. The molecule has 1 N–H and O–H groups in total. The van der Waals surface area contributed by atoms with Gasteiger partial charge in [0.05, 0.1) is 13.5 Å². The Morgan fingerprint density at radius 1 is 1.12 bits per heavy atom. The van der Waals surface area contributed by atoms with Crippen LogP contribution in [0.4, 0.5) is 0 Å². The van der Waals surface area contributed by atoms with Gasteiger partial charge in [0.15, 0.2) is 0 Å². The van der Waals surface area contributed by atoms with Gasteiger partial charge in [-0.2, -0.15) is 0 Å². The number of hydrogen-bond donors (Lipinski definition) is 1. The molecule has 2 aliphatic rings. The Hall–Kier alpha value is -2.36. The number of amides is 1. The Labute approximate surface area is 155 Å². The van der Waals surface area contributed by atoms with Crippen molar-refractivity contribution in [2.75, 3.05) is 7.11 Å². The number of nitrogens with one attached hydrogen (secondary N) is 1. The zero-order chi connectivity index (χ0) is 17.9. The average Bonchev–Trinajstić information content (AvgIpc) is 2.68. The van der Waals surface area contributed by atoms with Gasteiger partial charge in [-0.15, -0.1) is 0 Å². The first-order valence-electron chi connectivity index (χ1n) is 9.59. The molecule has 0 unspecified atom stereocenters. The van der Waals surface area contributed by atoms with Gasteiger partial charge >= 0.3 is 0 Å². The summed E-state index contributed by atoms with van der Waals surface area (Å²) < 4.78 is 5.29. The fourth-order valence-corrected chi connectivity index (χ4v) is 4.85. The van der Waals surface area contributed by atoms with E-state index in [4.69, 9.17) is 4.74 Å². The van der Waals surface area contributed by atoms with E-state index in [1.165, 1.54) is 31.2 Å². The normalized spacial score (nSPS) is 27.1. The maximum absolute atomic E-state index is 12.6. The molecule has 0 radical (unpaired) electrons. The highest BCUT2D eigenvalue weighted by Gasteiger charge is 2.51. The van der Waals surface area contributed by atoms with Crippen LogP contribution >= 0.6 is 0 Å². The van der Waals surface area contributed by atoms with E-state index >= 15 is 0 Å². The van der Waals surface area contributed by atoms with Crippen LogP contribution < -0.4 is 10.1 Å². The summed E-state index contributed by atoms with van der Waals surface area (Å²) in [7, 11) is 1.69. The van der Waals surface area contributed by atoms with Crippen molar-refractivity contribution < 1.29 is 9.53 Å². The summed E-state index contributed by atoms with van der Waals surface area (Å²) in [5.41, 5.74) is 2.14. The molecule has 1 heterocycles. The lowest BCUT2D eigenvalue weighted by molar-refractivity contribution is -0.124. The minimum Gasteiger partial charge on any atom is -0.497 e. The van der Waals surface area contributed by atoms with Gasteiger partial charge < -0.3 is 10.1 Å². The van der Waals surface area contributed by atoms with Crippen molar-refractivity contribution in [1.29, 1.82) is 0 Å². The molecule has 0 saturated heterocycles. The molecule has 1 aromatic carbocycles. The molecule has 2 aromatic rings. The molecule has 4 heteroatoms. The highest BCUT2D eigenvalue weighted by atomic mass is 16.5. The predicted molar refractivity (Wildman–Crippen MR) is 101 cm³/mol. The monoisotopic (exact) mass is 350 g/mol. The van der Waals surface area contributed by atoms with E-state index in [1.54, 1.807) is 13.3 Å². The number of methoxy groups -OCH3 is 1. The number of hydrogen-bond acceptors (Lipinski definition) is 3. The van der Waals surface area contributed by atoms with Gasteiger partial charge in [-0.1, -0.05) is 31.0 Å². The zero-order valence-corrected chi connectivity index (χ0v) is 15.2. The molecule has 4 nitrogen and oxygen atoms in total. The van der Waals surface area contributed by atoms with Crippen LogP contribution in [-0.2, 0) is 11.2 Å². The lowest BCUT2D eigenvalue weighted by atomic mass is 9.53. The molecule has 1 aromatic heterocycles. The van der Waals surface area contributed by atoms with Crippen molar-refractivity contribution >= 4 is 5.91 Å².